The molecule has 0 saturated carbocycles. The molecule has 5 nitrogen and oxygen atoms in total. The molecule has 2 rings (SSSR count). The zero-order valence-corrected chi connectivity index (χ0v) is 16.6. The first kappa shape index (κ1) is 21.8. The Morgan fingerprint density at radius 2 is 2.07 bits per heavy atom. The minimum absolute atomic E-state index is 0.00222. The lowest BCUT2D eigenvalue weighted by Crippen LogP contribution is -2.25. The van der Waals surface area contributed by atoms with Crippen LogP contribution in [0, 0.1) is 11.3 Å². The molecule has 0 aliphatic heterocycles. The maximum absolute atomic E-state index is 12.4. The lowest BCUT2D eigenvalue weighted by atomic mass is 10.0. The Balaban J connectivity index is 2.08. The van der Waals surface area contributed by atoms with E-state index < -0.39 is 5.91 Å². The average molecular weight is 390 g/mol. The third-order valence-corrected chi connectivity index (χ3v) is 4.29. The largest absolute Gasteiger partial charge is 0.504 e. The number of nitrogens with zero attached hydrogens (tertiary/aromatic N) is 1. The normalized spacial score (nSPS) is 10.8. The number of amides is 1. The highest BCUT2D eigenvalue weighted by atomic mass is 16.5. The van der Waals surface area contributed by atoms with Gasteiger partial charge in [-0.3, -0.25) is 4.79 Å². The van der Waals surface area contributed by atoms with E-state index in [0.717, 1.165) is 12.8 Å². The number of phenolic OH excluding ortho intramolecular Hbond substituents is 1. The SMILES string of the molecule is C=CCc1cc(/C=C(/C#N)C(=O)NCCCc2ccccc2)cc(OCC)c1O. The number of aromatic hydroxyl groups is 1. The van der Waals surface area contributed by atoms with E-state index in [9.17, 15) is 15.2 Å². The molecule has 2 aromatic carbocycles. The molecule has 150 valence electrons. The third kappa shape index (κ3) is 6.54. The lowest BCUT2D eigenvalue weighted by molar-refractivity contribution is -0.117. The predicted octanol–water partition coefficient (Wildman–Crippen LogP) is 4.18. The van der Waals surface area contributed by atoms with Crippen LogP contribution >= 0.6 is 0 Å². The van der Waals surface area contributed by atoms with Gasteiger partial charge in [0.1, 0.15) is 11.6 Å². The van der Waals surface area contributed by atoms with Crippen molar-refractivity contribution in [2.75, 3.05) is 13.2 Å². The summed E-state index contributed by atoms with van der Waals surface area (Å²) in [5, 5.41) is 22.5. The van der Waals surface area contributed by atoms with Crippen LogP contribution < -0.4 is 10.1 Å². The smallest absolute Gasteiger partial charge is 0.261 e. The van der Waals surface area contributed by atoms with Gasteiger partial charge in [0.25, 0.3) is 5.91 Å². The maximum Gasteiger partial charge on any atom is 0.261 e. The molecule has 0 heterocycles. The molecule has 0 spiro atoms. The summed E-state index contributed by atoms with van der Waals surface area (Å²) >= 11 is 0. The van der Waals surface area contributed by atoms with Crippen molar-refractivity contribution in [2.45, 2.75) is 26.2 Å². The quantitative estimate of drug-likeness (QED) is 0.276. The number of phenols is 1. The zero-order valence-electron chi connectivity index (χ0n) is 16.6. The van der Waals surface area contributed by atoms with Crippen molar-refractivity contribution < 1.29 is 14.6 Å². The van der Waals surface area contributed by atoms with E-state index in [1.807, 2.05) is 43.3 Å². The minimum Gasteiger partial charge on any atom is -0.504 e. The number of rotatable bonds is 10. The van der Waals surface area contributed by atoms with E-state index in [-0.39, 0.29) is 11.3 Å². The standard InChI is InChI=1S/C24H26N2O3/c1-3-9-20-14-19(16-22(23(20)27)29-4-2)15-21(17-25)24(28)26-13-8-12-18-10-6-5-7-11-18/h3,5-7,10-11,14-16,27H,1,4,8-9,12-13H2,2H3,(H,26,28)/b21-15-. The lowest BCUT2D eigenvalue weighted by Gasteiger charge is -2.11. The molecule has 0 fully saturated rings. The van der Waals surface area contributed by atoms with Gasteiger partial charge in [-0.25, -0.2) is 0 Å². The van der Waals surface area contributed by atoms with Gasteiger partial charge in [-0.05, 0) is 55.5 Å². The Bertz CT molecular complexity index is 912. The first-order valence-electron chi connectivity index (χ1n) is 9.62. The van der Waals surface area contributed by atoms with Crippen LogP contribution in [0.15, 0.2) is 60.7 Å². The molecule has 0 saturated heterocycles. The van der Waals surface area contributed by atoms with Gasteiger partial charge in [0.15, 0.2) is 11.5 Å². The highest BCUT2D eigenvalue weighted by Crippen LogP contribution is 2.33. The molecule has 0 unspecified atom stereocenters. The number of carbonyl (C=O) groups excluding carboxylic acids is 1. The number of nitrogens with one attached hydrogen (secondary N) is 1. The summed E-state index contributed by atoms with van der Waals surface area (Å²) in [6.07, 6.45) is 5.25. The molecule has 1 amide bonds. The summed E-state index contributed by atoms with van der Waals surface area (Å²) in [6, 6.07) is 15.3. The van der Waals surface area contributed by atoms with Crippen LogP contribution in [0.5, 0.6) is 11.5 Å². The zero-order chi connectivity index (χ0) is 21.1. The molecule has 29 heavy (non-hydrogen) atoms. The number of ether oxygens (including phenoxy) is 1. The molecule has 0 bridgehead atoms. The number of hydrogen-bond donors (Lipinski definition) is 2. The van der Waals surface area contributed by atoms with Gasteiger partial charge in [0.2, 0.25) is 0 Å². The van der Waals surface area contributed by atoms with Gasteiger partial charge in [-0.15, -0.1) is 6.58 Å². The van der Waals surface area contributed by atoms with Crippen molar-refractivity contribution in [1.29, 1.82) is 5.26 Å². The van der Waals surface area contributed by atoms with Gasteiger partial charge < -0.3 is 15.2 Å². The molecule has 0 atom stereocenters. The fraction of sp³-hybridized carbons (Fsp3) is 0.250. The van der Waals surface area contributed by atoms with E-state index in [2.05, 4.69) is 11.9 Å². The first-order chi connectivity index (χ1) is 14.1. The second kappa shape index (κ2) is 11.4. The van der Waals surface area contributed by atoms with Crippen molar-refractivity contribution in [3.63, 3.8) is 0 Å². The van der Waals surface area contributed by atoms with Crippen LogP contribution in [0.1, 0.15) is 30.0 Å². The van der Waals surface area contributed by atoms with Crippen molar-refractivity contribution in [3.8, 4) is 17.6 Å². The topological polar surface area (TPSA) is 82.4 Å². The second-order valence-electron chi connectivity index (χ2n) is 6.47. The number of allylic oxidation sites excluding steroid dienone is 1. The first-order valence-corrected chi connectivity index (χ1v) is 9.62. The van der Waals surface area contributed by atoms with Gasteiger partial charge >= 0.3 is 0 Å². The Hall–Kier alpha value is -3.52. The molecule has 0 aromatic heterocycles. The molecule has 0 aliphatic carbocycles. The summed E-state index contributed by atoms with van der Waals surface area (Å²) < 4.78 is 5.46. The maximum atomic E-state index is 12.4. The summed E-state index contributed by atoms with van der Waals surface area (Å²) in [7, 11) is 0. The van der Waals surface area contributed by atoms with Crippen molar-refractivity contribution in [1.82, 2.24) is 5.32 Å². The molecule has 2 aromatic rings. The van der Waals surface area contributed by atoms with Crippen LogP contribution in [0.2, 0.25) is 0 Å². The number of hydrogen-bond acceptors (Lipinski definition) is 4. The van der Waals surface area contributed by atoms with Crippen molar-refractivity contribution in [2.24, 2.45) is 0 Å². The van der Waals surface area contributed by atoms with E-state index >= 15 is 0 Å². The number of benzene rings is 2. The fourth-order valence-electron chi connectivity index (χ4n) is 2.90. The Labute approximate surface area is 172 Å². The molecule has 5 heteroatoms. The van der Waals surface area contributed by atoms with Crippen molar-refractivity contribution in [3.05, 3.63) is 77.4 Å². The second-order valence-corrected chi connectivity index (χ2v) is 6.47. The fourth-order valence-corrected chi connectivity index (χ4v) is 2.90. The van der Waals surface area contributed by atoms with Gasteiger partial charge in [-0.2, -0.15) is 5.26 Å². The van der Waals surface area contributed by atoms with E-state index in [1.165, 1.54) is 11.6 Å². The molecule has 0 radical (unpaired) electrons. The number of carbonyl (C=O) groups is 1. The van der Waals surface area contributed by atoms with Crippen LogP contribution in [-0.2, 0) is 17.6 Å². The van der Waals surface area contributed by atoms with Crippen LogP contribution in [0.25, 0.3) is 6.08 Å². The van der Waals surface area contributed by atoms with Crippen LogP contribution in [-0.4, -0.2) is 24.2 Å². The summed E-state index contributed by atoms with van der Waals surface area (Å²) in [5.74, 6) is -0.0525. The van der Waals surface area contributed by atoms with Crippen LogP contribution in [0.3, 0.4) is 0 Å². The van der Waals surface area contributed by atoms with E-state index in [1.54, 1.807) is 18.2 Å². The minimum atomic E-state index is -0.420. The summed E-state index contributed by atoms with van der Waals surface area (Å²) in [4.78, 5) is 12.4. The Morgan fingerprint density at radius 1 is 1.31 bits per heavy atom. The highest BCUT2D eigenvalue weighted by Gasteiger charge is 2.13. The molecular formula is C24H26N2O3. The Morgan fingerprint density at radius 3 is 2.72 bits per heavy atom. The third-order valence-electron chi connectivity index (χ3n) is 4.29. The summed E-state index contributed by atoms with van der Waals surface area (Å²) in [6.45, 7) is 6.38. The number of nitriles is 1. The molecular weight excluding hydrogens is 364 g/mol. The number of aryl methyl sites for hydroxylation is 1. The monoisotopic (exact) mass is 390 g/mol. The predicted molar refractivity (Wildman–Crippen MR) is 115 cm³/mol. The van der Waals surface area contributed by atoms with Gasteiger partial charge in [0.05, 0.1) is 6.61 Å². The van der Waals surface area contributed by atoms with Gasteiger partial charge in [0, 0.05) is 12.1 Å². The molecule has 2 N–H and O–H groups in total. The van der Waals surface area contributed by atoms with Crippen molar-refractivity contribution >= 4 is 12.0 Å². The van der Waals surface area contributed by atoms with E-state index in [4.69, 9.17) is 4.74 Å². The highest BCUT2D eigenvalue weighted by molar-refractivity contribution is 6.01. The van der Waals surface area contributed by atoms with Crippen LogP contribution in [0.4, 0.5) is 0 Å². The van der Waals surface area contributed by atoms with E-state index in [0.29, 0.717) is 36.4 Å². The summed E-state index contributed by atoms with van der Waals surface area (Å²) in [5.41, 5.74) is 2.44. The van der Waals surface area contributed by atoms with Gasteiger partial charge in [-0.1, -0.05) is 36.4 Å². The Kier molecular flexibility index (Phi) is 8.52. The average Bonchev–Trinajstić information content (AvgIpc) is 2.73. The molecule has 0 aliphatic rings.